The maximum Gasteiger partial charge on any atom is 0.223 e. The number of hydrogen-bond donors (Lipinski definition) is 2. The van der Waals surface area contributed by atoms with Crippen LogP contribution in [0.2, 0.25) is 0 Å². The predicted octanol–water partition coefficient (Wildman–Crippen LogP) is 1.51. The Kier molecular flexibility index (Phi) is 3.33. The summed E-state index contributed by atoms with van der Waals surface area (Å²) in [6.45, 7) is 0.793. The fourth-order valence-electron chi connectivity index (χ4n) is 1.36. The van der Waals surface area contributed by atoms with Gasteiger partial charge in [0.25, 0.3) is 0 Å². The van der Waals surface area contributed by atoms with Crippen molar-refractivity contribution in [1.82, 2.24) is 9.97 Å². The van der Waals surface area contributed by atoms with Crippen LogP contribution >= 0.6 is 0 Å². The van der Waals surface area contributed by atoms with E-state index >= 15 is 0 Å². The molecule has 2 rings (SSSR count). The van der Waals surface area contributed by atoms with Gasteiger partial charge in [-0.25, -0.2) is 9.97 Å². The third kappa shape index (κ3) is 2.95. The smallest absolute Gasteiger partial charge is 0.223 e. The zero-order valence-electron chi connectivity index (χ0n) is 8.85. The molecule has 0 atom stereocenters. The van der Waals surface area contributed by atoms with Crippen LogP contribution in [0.1, 0.15) is 5.56 Å². The van der Waals surface area contributed by atoms with Crippen LogP contribution in [0.3, 0.4) is 0 Å². The molecule has 1 aromatic heterocycles. The Morgan fingerprint density at radius 1 is 1.25 bits per heavy atom. The van der Waals surface area contributed by atoms with Crippen molar-refractivity contribution in [2.24, 2.45) is 0 Å². The van der Waals surface area contributed by atoms with Crippen LogP contribution in [-0.2, 0) is 6.42 Å². The van der Waals surface area contributed by atoms with E-state index in [2.05, 4.69) is 21.5 Å². The molecule has 0 aliphatic rings. The largest absolute Gasteiger partial charge is 0.399 e. The van der Waals surface area contributed by atoms with Crippen LogP contribution < -0.4 is 11.1 Å². The molecular formula is C12H13N4. The van der Waals surface area contributed by atoms with Crippen molar-refractivity contribution in [3.05, 3.63) is 48.3 Å². The van der Waals surface area contributed by atoms with Crippen molar-refractivity contribution >= 4 is 11.6 Å². The van der Waals surface area contributed by atoms with Gasteiger partial charge in [0.1, 0.15) is 0 Å². The number of aromatic nitrogens is 2. The predicted molar refractivity (Wildman–Crippen MR) is 63.9 cm³/mol. The number of anilines is 2. The molecular weight excluding hydrogens is 200 g/mol. The van der Waals surface area contributed by atoms with E-state index in [4.69, 9.17) is 5.73 Å². The maximum atomic E-state index is 5.61. The molecule has 16 heavy (non-hydrogen) atoms. The van der Waals surface area contributed by atoms with Crippen molar-refractivity contribution in [3.8, 4) is 0 Å². The minimum atomic E-state index is 0.609. The maximum absolute atomic E-state index is 5.61. The molecule has 0 amide bonds. The fraction of sp³-hybridized carbons (Fsp3) is 0.167. The lowest BCUT2D eigenvalue weighted by atomic mass is 10.1. The number of nitrogens with zero attached hydrogens (tertiary/aromatic N) is 2. The van der Waals surface area contributed by atoms with E-state index in [-0.39, 0.29) is 0 Å². The van der Waals surface area contributed by atoms with E-state index in [1.165, 1.54) is 5.56 Å². The molecule has 1 aromatic carbocycles. The Morgan fingerprint density at radius 2 is 2.06 bits per heavy atom. The van der Waals surface area contributed by atoms with Crippen LogP contribution in [0.15, 0.2) is 36.5 Å². The molecule has 0 aliphatic carbocycles. The Balaban J connectivity index is 1.82. The third-order valence-corrected chi connectivity index (χ3v) is 2.19. The molecule has 0 spiro atoms. The van der Waals surface area contributed by atoms with Crippen molar-refractivity contribution in [2.45, 2.75) is 6.42 Å². The number of nitrogen functional groups attached to an aromatic ring is 1. The molecule has 0 aliphatic heterocycles. The monoisotopic (exact) mass is 213 g/mol. The van der Waals surface area contributed by atoms with Gasteiger partial charge in [0.05, 0.1) is 6.20 Å². The average Bonchev–Trinajstić information content (AvgIpc) is 2.33. The summed E-state index contributed by atoms with van der Waals surface area (Å²) in [6.07, 6.45) is 5.31. The molecule has 1 heterocycles. The lowest BCUT2D eigenvalue weighted by Crippen LogP contribution is -2.07. The summed E-state index contributed by atoms with van der Waals surface area (Å²) in [5, 5.41) is 3.12. The zero-order chi connectivity index (χ0) is 11.2. The second kappa shape index (κ2) is 5.11. The first kappa shape index (κ1) is 10.4. The van der Waals surface area contributed by atoms with E-state index in [9.17, 15) is 0 Å². The van der Waals surface area contributed by atoms with Gasteiger partial charge in [0.2, 0.25) is 5.95 Å². The molecule has 81 valence electrons. The standard InChI is InChI=1S/C12H13N4/c13-11-4-2-10(3-5-11)6-9-16-12-14-7-1-8-15-12/h1-5,7H,6,9,13H2,(H,14,15,16). The van der Waals surface area contributed by atoms with Gasteiger partial charge >= 0.3 is 0 Å². The highest BCUT2D eigenvalue weighted by molar-refractivity contribution is 5.39. The van der Waals surface area contributed by atoms with Gasteiger partial charge in [-0.05, 0) is 30.2 Å². The quantitative estimate of drug-likeness (QED) is 0.756. The van der Waals surface area contributed by atoms with Gasteiger partial charge in [0, 0.05) is 18.4 Å². The van der Waals surface area contributed by atoms with Gasteiger partial charge in [-0.2, -0.15) is 0 Å². The second-order valence-electron chi connectivity index (χ2n) is 3.43. The Morgan fingerprint density at radius 3 is 2.75 bits per heavy atom. The fourth-order valence-corrected chi connectivity index (χ4v) is 1.36. The first-order valence-corrected chi connectivity index (χ1v) is 5.12. The molecule has 1 radical (unpaired) electrons. The number of benzene rings is 1. The van der Waals surface area contributed by atoms with Crippen LogP contribution in [0.5, 0.6) is 0 Å². The highest BCUT2D eigenvalue weighted by Crippen LogP contribution is 2.06. The summed E-state index contributed by atoms with van der Waals surface area (Å²) in [7, 11) is 0. The van der Waals surface area contributed by atoms with Gasteiger partial charge in [-0.1, -0.05) is 12.1 Å². The molecule has 4 heteroatoms. The topological polar surface area (TPSA) is 63.8 Å². The van der Waals surface area contributed by atoms with Crippen LogP contribution in [0.4, 0.5) is 11.6 Å². The summed E-state index contributed by atoms with van der Waals surface area (Å²) >= 11 is 0. The minimum Gasteiger partial charge on any atom is -0.399 e. The average molecular weight is 213 g/mol. The first-order chi connectivity index (χ1) is 7.84. The SMILES string of the molecule is Nc1ccc(CCNc2n[c]ccn2)cc1. The molecule has 0 fully saturated rings. The summed E-state index contributed by atoms with van der Waals surface area (Å²) in [6, 6.07) is 9.53. The number of rotatable bonds is 4. The second-order valence-corrected chi connectivity index (χ2v) is 3.43. The first-order valence-electron chi connectivity index (χ1n) is 5.12. The van der Waals surface area contributed by atoms with E-state index in [1.54, 1.807) is 12.3 Å². The molecule has 0 saturated heterocycles. The van der Waals surface area contributed by atoms with E-state index < -0.39 is 0 Å². The van der Waals surface area contributed by atoms with Gasteiger partial charge < -0.3 is 11.1 Å². The van der Waals surface area contributed by atoms with Crippen molar-refractivity contribution in [3.63, 3.8) is 0 Å². The lowest BCUT2D eigenvalue weighted by molar-refractivity contribution is 0.983. The van der Waals surface area contributed by atoms with E-state index in [0.29, 0.717) is 5.95 Å². The Hall–Kier alpha value is -2.10. The molecule has 2 aromatic rings. The Bertz CT molecular complexity index is 425. The minimum absolute atomic E-state index is 0.609. The van der Waals surface area contributed by atoms with Crippen LogP contribution in [0, 0.1) is 6.20 Å². The van der Waals surface area contributed by atoms with Crippen LogP contribution in [-0.4, -0.2) is 16.5 Å². The van der Waals surface area contributed by atoms with Crippen molar-refractivity contribution in [2.75, 3.05) is 17.6 Å². The Labute approximate surface area is 94.5 Å². The highest BCUT2D eigenvalue weighted by Gasteiger charge is 1.95. The summed E-state index contributed by atoms with van der Waals surface area (Å²) in [4.78, 5) is 8.01. The zero-order valence-corrected chi connectivity index (χ0v) is 8.85. The summed E-state index contributed by atoms with van der Waals surface area (Å²) < 4.78 is 0. The lowest BCUT2D eigenvalue weighted by Gasteiger charge is -2.04. The van der Waals surface area contributed by atoms with Crippen molar-refractivity contribution in [1.29, 1.82) is 0 Å². The molecule has 0 unspecified atom stereocenters. The van der Waals surface area contributed by atoms with E-state index in [1.807, 2.05) is 24.3 Å². The van der Waals surface area contributed by atoms with Gasteiger partial charge in [-0.3, -0.25) is 0 Å². The molecule has 0 saturated carbocycles. The summed E-state index contributed by atoms with van der Waals surface area (Å²) in [5.74, 6) is 0.609. The molecule has 4 nitrogen and oxygen atoms in total. The number of nitrogens with two attached hydrogens (primary N) is 1. The van der Waals surface area contributed by atoms with Gasteiger partial charge in [-0.15, -0.1) is 0 Å². The van der Waals surface area contributed by atoms with E-state index in [0.717, 1.165) is 18.7 Å². The van der Waals surface area contributed by atoms with Gasteiger partial charge in [0.15, 0.2) is 0 Å². The normalized spacial score (nSPS) is 10.0. The third-order valence-electron chi connectivity index (χ3n) is 2.19. The van der Waals surface area contributed by atoms with Crippen LogP contribution in [0.25, 0.3) is 0 Å². The molecule has 0 bridgehead atoms. The molecule has 3 N–H and O–H groups in total. The highest BCUT2D eigenvalue weighted by atomic mass is 15.1. The van der Waals surface area contributed by atoms with Crippen molar-refractivity contribution < 1.29 is 0 Å². The number of nitrogens with one attached hydrogen (secondary N) is 1. The summed E-state index contributed by atoms with van der Waals surface area (Å²) in [5.41, 5.74) is 7.63. The number of hydrogen-bond acceptors (Lipinski definition) is 4.